The van der Waals surface area contributed by atoms with E-state index in [1.54, 1.807) is 19.3 Å². The van der Waals surface area contributed by atoms with E-state index in [2.05, 4.69) is 17.1 Å². The maximum atomic E-state index is 12.2. The number of amides is 1. The summed E-state index contributed by atoms with van der Waals surface area (Å²) in [6.45, 7) is 2.27. The van der Waals surface area contributed by atoms with Gasteiger partial charge in [0.05, 0.1) is 0 Å². The van der Waals surface area contributed by atoms with Gasteiger partial charge in [0.15, 0.2) is 5.12 Å². The zero-order valence-corrected chi connectivity index (χ0v) is 14.5. The molecule has 2 heterocycles. The Labute approximate surface area is 146 Å². The molecule has 0 radical (unpaired) electrons. The Kier molecular flexibility index (Phi) is 5.30. The van der Waals surface area contributed by atoms with Crippen LogP contribution in [-0.4, -0.2) is 28.3 Å². The van der Waals surface area contributed by atoms with E-state index in [0.29, 0.717) is 13.0 Å². The Morgan fingerprint density at radius 1 is 1.17 bits per heavy atom. The summed E-state index contributed by atoms with van der Waals surface area (Å²) in [5, 5.41) is 0.112. The average molecular weight is 340 g/mol. The number of anilines is 1. The second-order valence-electron chi connectivity index (χ2n) is 6.08. The molecule has 0 N–H and O–H groups in total. The molecule has 1 aliphatic heterocycles. The molecule has 0 aliphatic carbocycles. The van der Waals surface area contributed by atoms with Gasteiger partial charge in [-0.05, 0) is 47.7 Å². The van der Waals surface area contributed by atoms with E-state index in [9.17, 15) is 9.59 Å². The first-order valence-corrected chi connectivity index (χ1v) is 9.02. The minimum absolute atomic E-state index is 0.112. The molecule has 5 heteroatoms. The van der Waals surface area contributed by atoms with Gasteiger partial charge in [-0.2, -0.15) is 0 Å². The Morgan fingerprint density at radius 2 is 1.83 bits per heavy atom. The third kappa shape index (κ3) is 4.23. The van der Waals surface area contributed by atoms with Gasteiger partial charge >= 0.3 is 0 Å². The van der Waals surface area contributed by atoms with Crippen molar-refractivity contribution in [3.8, 4) is 0 Å². The van der Waals surface area contributed by atoms with Crippen LogP contribution >= 0.6 is 11.8 Å². The smallest absolute Gasteiger partial charge is 0.227 e. The van der Waals surface area contributed by atoms with Crippen molar-refractivity contribution in [1.82, 2.24) is 4.98 Å². The van der Waals surface area contributed by atoms with Gasteiger partial charge in [-0.15, -0.1) is 0 Å². The number of thioether (sulfide) groups is 1. The molecule has 1 aromatic heterocycles. The number of aromatic nitrogens is 1. The van der Waals surface area contributed by atoms with Gasteiger partial charge in [0, 0.05) is 43.7 Å². The molecule has 0 saturated carbocycles. The third-order valence-electron chi connectivity index (χ3n) is 4.13. The van der Waals surface area contributed by atoms with E-state index in [1.807, 2.05) is 29.2 Å². The maximum Gasteiger partial charge on any atom is 0.227 e. The molecule has 3 rings (SSSR count). The van der Waals surface area contributed by atoms with Crippen LogP contribution in [0.1, 0.15) is 24.5 Å². The highest BCUT2D eigenvalue weighted by Gasteiger charge is 2.30. The highest BCUT2D eigenvalue weighted by atomic mass is 32.2. The molecule has 1 fully saturated rings. The molecule has 0 bridgehead atoms. The number of hydrogen-bond donors (Lipinski definition) is 0. The first-order valence-electron chi connectivity index (χ1n) is 8.03. The van der Waals surface area contributed by atoms with Crippen molar-refractivity contribution in [3.05, 3.63) is 59.9 Å². The normalized spacial score (nSPS) is 17.3. The SMILES string of the molecule is CC(=O)SCC1CC(=O)N(c2ccc(Cc3ccncc3)cc2)C1. The fraction of sp³-hybridized carbons (Fsp3) is 0.316. The largest absolute Gasteiger partial charge is 0.312 e. The standard InChI is InChI=1S/C19H20N2O2S/c1-14(22)24-13-17-11-19(23)21(12-17)18-4-2-15(3-5-18)10-16-6-8-20-9-7-16/h2-9,17H,10-13H2,1H3. The molecule has 124 valence electrons. The molecule has 1 aromatic carbocycles. The number of carbonyl (C=O) groups excluding carboxylic acids is 2. The van der Waals surface area contributed by atoms with E-state index in [-0.39, 0.29) is 16.9 Å². The zero-order valence-electron chi connectivity index (χ0n) is 13.6. The second-order valence-corrected chi connectivity index (χ2v) is 7.27. The van der Waals surface area contributed by atoms with Crippen molar-refractivity contribution >= 4 is 28.5 Å². The van der Waals surface area contributed by atoms with E-state index in [0.717, 1.165) is 17.9 Å². The van der Waals surface area contributed by atoms with Gasteiger partial charge < -0.3 is 4.90 Å². The molecule has 1 saturated heterocycles. The van der Waals surface area contributed by atoms with E-state index >= 15 is 0 Å². The van der Waals surface area contributed by atoms with Crippen molar-refractivity contribution in [2.75, 3.05) is 17.2 Å². The number of pyridine rings is 1. The summed E-state index contributed by atoms with van der Waals surface area (Å²) >= 11 is 1.31. The van der Waals surface area contributed by atoms with Gasteiger partial charge in [-0.1, -0.05) is 23.9 Å². The fourth-order valence-corrected chi connectivity index (χ4v) is 3.60. The summed E-state index contributed by atoms with van der Waals surface area (Å²) in [6.07, 6.45) is 4.98. The van der Waals surface area contributed by atoms with Crippen molar-refractivity contribution in [1.29, 1.82) is 0 Å². The topological polar surface area (TPSA) is 50.3 Å². The number of rotatable bonds is 5. The van der Waals surface area contributed by atoms with E-state index in [4.69, 9.17) is 0 Å². The van der Waals surface area contributed by atoms with Crippen LogP contribution in [0.25, 0.3) is 0 Å². The predicted octanol–water partition coefficient (Wildman–Crippen LogP) is 3.31. The molecule has 2 aromatic rings. The summed E-state index contributed by atoms with van der Waals surface area (Å²) < 4.78 is 0. The summed E-state index contributed by atoms with van der Waals surface area (Å²) in [7, 11) is 0. The molecular formula is C19H20N2O2S. The monoisotopic (exact) mass is 340 g/mol. The molecule has 24 heavy (non-hydrogen) atoms. The van der Waals surface area contributed by atoms with Crippen LogP contribution in [0.15, 0.2) is 48.8 Å². The number of benzene rings is 1. The van der Waals surface area contributed by atoms with E-state index < -0.39 is 0 Å². The van der Waals surface area contributed by atoms with Gasteiger partial charge in [-0.3, -0.25) is 14.6 Å². The fourth-order valence-electron chi connectivity index (χ4n) is 2.91. The number of hydrogen-bond acceptors (Lipinski definition) is 4. The van der Waals surface area contributed by atoms with Crippen LogP contribution in [0.2, 0.25) is 0 Å². The predicted molar refractivity (Wildman–Crippen MR) is 97.1 cm³/mol. The maximum absolute atomic E-state index is 12.2. The van der Waals surface area contributed by atoms with Gasteiger partial charge in [0.1, 0.15) is 0 Å². The van der Waals surface area contributed by atoms with E-state index in [1.165, 1.54) is 22.9 Å². The van der Waals surface area contributed by atoms with Crippen LogP contribution in [0, 0.1) is 5.92 Å². The molecule has 0 spiro atoms. The lowest BCUT2D eigenvalue weighted by molar-refractivity contribution is -0.117. The van der Waals surface area contributed by atoms with Crippen LogP contribution in [0.4, 0.5) is 5.69 Å². The number of nitrogens with zero attached hydrogens (tertiary/aromatic N) is 2. The van der Waals surface area contributed by atoms with Crippen LogP contribution in [0.5, 0.6) is 0 Å². The summed E-state index contributed by atoms with van der Waals surface area (Å²) in [4.78, 5) is 29.2. The average Bonchev–Trinajstić information content (AvgIpc) is 2.96. The second kappa shape index (κ2) is 7.62. The van der Waals surface area contributed by atoms with Crippen molar-refractivity contribution < 1.29 is 9.59 Å². The zero-order chi connectivity index (χ0) is 16.9. The van der Waals surface area contributed by atoms with Gasteiger partial charge in [-0.25, -0.2) is 0 Å². The Balaban J connectivity index is 1.63. The Morgan fingerprint density at radius 3 is 2.50 bits per heavy atom. The molecule has 4 nitrogen and oxygen atoms in total. The third-order valence-corrected chi connectivity index (χ3v) is 5.18. The quantitative estimate of drug-likeness (QED) is 0.838. The minimum Gasteiger partial charge on any atom is -0.312 e. The first-order chi connectivity index (χ1) is 11.6. The Hall–Kier alpha value is -2.14. The number of carbonyl (C=O) groups is 2. The van der Waals surface area contributed by atoms with Crippen molar-refractivity contribution in [3.63, 3.8) is 0 Å². The molecule has 1 unspecified atom stereocenters. The van der Waals surface area contributed by atoms with Crippen LogP contribution in [0.3, 0.4) is 0 Å². The van der Waals surface area contributed by atoms with Crippen molar-refractivity contribution in [2.45, 2.75) is 19.8 Å². The summed E-state index contributed by atoms with van der Waals surface area (Å²) in [6, 6.07) is 12.2. The van der Waals surface area contributed by atoms with Gasteiger partial charge in [0.25, 0.3) is 0 Å². The molecule has 1 amide bonds. The molecule has 1 aliphatic rings. The lowest BCUT2D eigenvalue weighted by atomic mass is 10.1. The van der Waals surface area contributed by atoms with Crippen LogP contribution in [-0.2, 0) is 16.0 Å². The summed E-state index contributed by atoms with van der Waals surface area (Å²) in [5.41, 5.74) is 3.37. The highest BCUT2D eigenvalue weighted by Crippen LogP contribution is 2.28. The lowest BCUT2D eigenvalue weighted by Gasteiger charge is -2.17. The lowest BCUT2D eigenvalue weighted by Crippen LogP contribution is -2.24. The minimum atomic E-state index is 0.112. The summed E-state index contributed by atoms with van der Waals surface area (Å²) in [5.74, 6) is 1.12. The molecular weight excluding hydrogens is 320 g/mol. The highest BCUT2D eigenvalue weighted by molar-refractivity contribution is 8.13. The van der Waals surface area contributed by atoms with Crippen molar-refractivity contribution in [2.24, 2.45) is 5.92 Å². The molecule has 1 atom stereocenters. The Bertz CT molecular complexity index is 716. The van der Waals surface area contributed by atoms with Crippen LogP contribution < -0.4 is 4.90 Å². The van der Waals surface area contributed by atoms with Gasteiger partial charge in [0.2, 0.25) is 5.91 Å². The first kappa shape index (κ1) is 16.7.